The monoisotopic (exact) mass is 399 g/mol. The van der Waals surface area contributed by atoms with Gasteiger partial charge in [-0.2, -0.15) is 13.2 Å². The zero-order valence-electron chi connectivity index (χ0n) is 12.8. The van der Waals surface area contributed by atoms with E-state index in [0.717, 1.165) is 25.1 Å². The summed E-state index contributed by atoms with van der Waals surface area (Å²) >= 11 is 3.18. The van der Waals surface area contributed by atoms with Gasteiger partial charge in [0, 0.05) is 22.9 Å². The highest BCUT2D eigenvalue weighted by molar-refractivity contribution is 9.10. The van der Waals surface area contributed by atoms with E-state index in [9.17, 15) is 13.2 Å². The van der Waals surface area contributed by atoms with Crippen molar-refractivity contribution in [3.63, 3.8) is 0 Å². The maximum atomic E-state index is 13.4. The summed E-state index contributed by atoms with van der Waals surface area (Å²) in [6, 6.07) is 8.26. The van der Waals surface area contributed by atoms with Crippen LogP contribution in [0.5, 0.6) is 0 Å². The van der Waals surface area contributed by atoms with Gasteiger partial charge in [0.05, 0.1) is 5.69 Å². The Kier molecular flexibility index (Phi) is 5.10. The molecule has 1 unspecified atom stereocenters. The number of rotatable bonds is 4. The molecule has 0 radical (unpaired) electrons. The summed E-state index contributed by atoms with van der Waals surface area (Å²) in [7, 11) is 0. The first-order valence-corrected chi connectivity index (χ1v) is 8.48. The van der Waals surface area contributed by atoms with Gasteiger partial charge in [-0.3, -0.25) is 4.98 Å². The van der Waals surface area contributed by atoms with Crippen molar-refractivity contribution in [1.82, 2.24) is 10.3 Å². The fourth-order valence-corrected chi connectivity index (χ4v) is 3.07. The normalized spacial score (nSPS) is 19.2. The quantitative estimate of drug-likeness (QED) is 0.786. The molecule has 128 valence electrons. The number of benzene rings is 1. The maximum absolute atomic E-state index is 13.4. The van der Waals surface area contributed by atoms with Crippen molar-refractivity contribution in [1.29, 1.82) is 0 Å². The minimum absolute atomic E-state index is 0.0604. The number of alkyl halides is 3. The molecule has 2 atom stereocenters. The first-order valence-electron chi connectivity index (χ1n) is 7.69. The van der Waals surface area contributed by atoms with E-state index in [0.29, 0.717) is 16.1 Å². The molecule has 0 bridgehead atoms. The molecule has 3 nitrogen and oxygen atoms in total. The molecule has 0 spiro atoms. The fourth-order valence-electron chi connectivity index (χ4n) is 2.84. The van der Waals surface area contributed by atoms with Crippen LogP contribution < -0.4 is 10.6 Å². The van der Waals surface area contributed by atoms with Crippen LogP contribution in [-0.2, 0) is 0 Å². The highest BCUT2D eigenvalue weighted by Gasteiger charge is 2.41. The predicted octanol–water partition coefficient (Wildman–Crippen LogP) is 4.64. The molecule has 2 aromatic rings. The lowest BCUT2D eigenvalue weighted by Gasteiger charge is -2.22. The second kappa shape index (κ2) is 7.11. The lowest BCUT2D eigenvalue weighted by molar-refractivity contribution is -0.144. The van der Waals surface area contributed by atoms with Crippen LogP contribution in [0.4, 0.5) is 18.9 Å². The van der Waals surface area contributed by atoms with Gasteiger partial charge in [0.1, 0.15) is 0 Å². The van der Waals surface area contributed by atoms with Gasteiger partial charge in [-0.05, 0) is 64.6 Å². The van der Waals surface area contributed by atoms with Gasteiger partial charge in [0.2, 0.25) is 0 Å². The number of pyridine rings is 1. The first kappa shape index (κ1) is 17.2. The Morgan fingerprint density at radius 3 is 2.46 bits per heavy atom. The second-order valence-corrected chi connectivity index (χ2v) is 6.75. The zero-order chi connectivity index (χ0) is 17.2. The molecule has 1 aromatic heterocycles. The largest absolute Gasteiger partial charge is 0.414 e. The van der Waals surface area contributed by atoms with Crippen LogP contribution in [0.25, 0.3) is 0 Å². The molecule has 0 saturated carbocycles. The molecule has 1 aliphatic rings. The number of hydrogen-bond acceptors (Lipinski definition) is 3. The summed E-state index contributed by atoms with van der Waals surface area (Å²) in [6.45, 7) is 1.90. The smallest absolute Gasteiger partial charge is 0.369 e. The van der Waals surface area contributed by atoms with E-state index in [1.807, 2.05) is 12.1 Å². The van der Waals surface area contributed by atoms with Gasteiger partial charge in [-0.15, -0.1) is 0 Å². The van der Waals surface area contributed by atoms with E-state index >= 15 is 0 Å². The Bertz CT molecular complexity index is 665. The van der Waals surface area contributed by atoms with E-state index < -0.39 is 12.2 Å². The van der Waals surface area contributed by atoms with Crippen molar-refractivity contribution in [2.24, 2.45) is 0 Å². The zero-order valence-corrected chi connectivity index (χ0v) is 14.4. The summed E-state index contributed by atoms with van der Waals surface area (Å²) < 4.78 is 40.8. The molecule has 1 aliphatic heterocycles. The van der Waals surface area contributed by atoms with Crippen LogP contribution in [0.1, 0.15) is 29.6 Å². The highest BCUT2D eigenvalue weighted by Crippen LogP contribution is 2.35. The third-order valence-electron chi connectivity index (χ3n) is 4.13. The highest BCUT2D eigenvalue weighted by atomic mass is 79.9. The van der Waals surface area contributed by atoms with Gasteiger partial charge >= 0.3 is 6.18 Å². The lowest BCUT2D eigenvalue weighted by Crippen LogP contribution is -2.28. The molecule has 3 rings (SSSR count). The topological polar surface area (TPSA) is 37.0 Å². The minimum Gasteiger partial charge on any atom is -0.369 e. The van der Waals surface area contributed by atoms with Crippen LogP contribution in [0.15, 0.2) is 47.1 Å². The van der Waals surface area contributed by atoms with Crippen molar-refractivity contribution in [3.8, 4) is 0 Å². The maximum Gasteiger partial charge on any atom is 0.414 e. The van der Waals surface area contributed by atoms with E-state index in [1.165, 1.54) is 12.3 Å². The van der Waals surface area contributed by atoms with Crippen LogP contribution in [0.3, 0.4) is 0 Å². The Morgan fingerprint density at radius 1 is 1.17 bits per heavy atom. The number of nitrogens with one attached hydrogen (secondary N) is 2. The third kappa shape index (κ3) is 4.08. The number of aromatic nitrogens is 1. The van der Waals surface area contributed by atoms with Crippen LogP contribution in [0, 0.1) is 0 Å². The molecule has 0 amide bonds. The Balaban J connectivity index is 1.78. The molecule has 7 heteroatoms. The standard InChI is InChI=1S/C17H17BrF3N3/c18-13-3-6-15(23-10-13)16(17(19,20)21)24-14-4-1-11(2-5-14)12-7-8-22-9-12/h1-6,10,12,16,22,24H,7-9H2/t12?,16-/m1/s1. The van der Waals surface area contributed by atoms with Crippen molar-refractivity contribution in [2.75, 3.05) is 18.4 Å². The first-order chi connectivity index (χ1) is 11.4. The molecule has 1 saturated heterocycles. The predicted molar refractivity (Wildman–Crippen MR) is 91.0 cm³/mol. The average Bonchev–Trinajstić information content (AvgIpc) is 3.08. The summed E-state index contributed by atoms with van der Waals surface area (Å²) in [5, 5.41) is 5.84. The number of halogens is 4. The van der Waals surface area contributed by atoms with Gasteiger partial charge < -0.3 is 10.6 Å². The van der Waals surface area contributed by atoms with Crippen LogP contribution in [-0.4, -0.2) is 24.2 Å². The molecule has 1 aromatic carbocycles. The van der Waals surface area contributed by atoms with Gasteiger partial charge in [0.25, 0.3) is 0 Å². The molecular formula is C17H17BrF3N3. The molecule has 24 heavy (non-hydrogen) atoms. The number of hydrogen-bond donors (Lipinski definition) is 2. The molecule has 1 fully saturated rings. The van der Waals surface area contributed by atoms with Crippen molar-refractivity contribution >= 4 is 21.6 Å². The Morgan fingerprint density at radius 2 is 1.92 bits per heavy atom. The SMILES string of the molecule is FC(F)(F)[C@H](Nc1ccc(C2CCNC2)cc1)c1ccc(Br)cn1. The lowest BCUT2D eigenvalue weighted by atomic mass is 9.98. The summed E-state index contributed by atoms with van der Waals surface area (Å²) in [4.78, 5) is 3.88. The fraction of sp³-hybridized carbons (Fsp3) is 0.353. The number of nitrogens with zero attached hydrogens (tertiary/aromatic N) is 1. The van der Waals surface area contributed by atoms with Gasteiger partial charge in [-0.1, -0.05) is 12.1 Å². The molecular weight excluding hydrogens is 383 g/mol. The third-order valence-corrected chi connectivity index (χ3v) is 4.60. The van der Waals surface area contributed by atoms with E-state index in [4.69, 9.17) is 0 Å². The molecule has 2 heterocycles. The van der Waals surface area contributed by atoms with Crippen molar-refractivity contribution in [2.45, 2.75) is 24.6 Å². The van der Waals surface area contributed by atoms with Gasteiger partial charge in [0.15, 0.2) is 6.04 Å². The second-order valence-electron chi connectivity index (χ2n) is 5.83. The summed E-state index contributed by atoms with van der Waals surface area (Å²) in [5.74, 6) is 0.436. The van der Waals surface area contributed by atoms with E-state index in [-0.39, 0.29) is 5.69 Å². The van der Waals surface area contributed by atoms with Crippen molar-refractivity contribution in [3.05, 3.63) is 58.3 Å². The number of anilines is 1. The summed E-state index contributed by atoms with van der Waals surface area (Å²) in [5.41, 5.74) is 1.52. The van der Waals surface area contributed by atoms with E-state index in [2.05, 4.69) is 31.5 Å². The minimum atomic E-state index is -4.44. The van der Waals surface area contributed by atoms with E-state index in [1.54, 1.807) is 18.2 Å². The Labute approximate surface area is 146 Å². The summed E-state index contributed by atoms with van der Waals surface area (Å²) in [6.07, 6.45) is -2.01. The average molecular weight is 400 g/mol. The molecule has 0 aliphatic carbocycles. The van der Waals surface area contributed by atoms with Gasteiger partial charge in [-0.25, -0.2) is 0 Å². The van der Waals surface area contributed by atoms with Crippen molar-refractivity contribution < 1.29 is 13.2 Å². The van der Waals surface area contributed by atoms with Crippen LogP contribution >= 0.6 is 15.9 Å². The molecule has 2 N–H and O–H groups in total. The van der Waals surface area contributed by atoms with Crippen LogP contribution in [0.2, 0.25) is 0 Å². The Hall–Kier alpha value is -1.60.